The Kier molecular flexibility index (Phi) is 5.08. The van der Waals surface area contributed by atoms with Crippen molar-refractivity contribution in [3.63, 3.8) is 0 Å². The Morgan fingerprint density at radius 3 is 2.58 bits per heavy atom. The molecule has 0 unspecified atom stereocenters. The Hall–Kier alpha value is -2.67. The van der Waals surface area contributed by atoms with Gasteiger partial charge in [0.05, 0.1) is 19.3 Å². The zero-order valence-corrected chi connectivity index (χ0v) is 16.2. The van der Waals surface area contributed by atoms with E-state index in [1.165, 1.54) is 0 Å². The van der Waals surface area contributed by atoms with Crippen LogP contribution in [0.25, 0.3) is 11.5 Å². The molecule has 0 aliphatic heterocycles. The van der Waals surface area contributed by atoms with Gasteiger partial charge in [0.1, 0.15) is 23.7 Å². The fourth-order valence-corrected chi connectivity index (χ4v) is 2.93. The summed E-state index contributed by atoms with van der Waals surface area (Å²) in [7, 11) is 5.66. The van der Waals surface area contributed by atoms with E-state index in [0.717, 1.165) is 39.7 Å². The first-order valence-corrected chi connectivity index (χ1v) is 8.52. The maximum Gasteiger partial charge on any atom is 0.226 e. The SMILES string of the molecule is COc1cc(C)c(-c2nc(CN(C)Cc3nncn3C)c(C)o2)cc1C. The number of aromatic nitrogens is 4. The molecule has 26 heavy (non-hydrogen) atoms. The lowest BCUT2D eigenvalue weighted by atomic mass is 10.0. The van der Waals surface area contributed by atoms with Gasteiger partial charge in [0.2, 0.25) is 5.89 Å². The molecule has 0 fully saturated rings. The molecule has 1 aromatic carbocycles. The monoisotopic (exact) mass is 355 g/mol. The van der Waals surface area contributed by atoms with Gasteiger partial charge in [0.25, 0.3) is 0 Å². The predicted octanol–water partition coefficient (Wildman–Crippen LogP) is 3.04. The first-order chi connectivity index (χ1) is 12.4. The van der Waals surface area contributed by atoms with Gasteiger partial charge in [-0.1, -0.05) is 0 Å². The summed E-state index contributed by atoms with van der Waals surface area (Å²) < 4.78 is 13.3. The summed E-state index contributed by atoms with van der Waals surface area (Å²) in [6.45, 7) is 7.38. The standard InChI is InChI=1S/C19H25N5O2/c1-12-8-17(25-6)13(2)7-15(12)19-21-16(14(3)26-19)9-23(4)10-18-22-20-11-24(18)5/h7-8,11H,9-10H2,1-6H3. The molecule has 7 heteroatoms. The number of hydrogen-bond acceptors (Lipinski definition) is 6. The highest BCUT2D eigenvalue weighted by Gasteiger charge is 2.17. The molecule has 0 radical (unpaired) electrons. The average molecular weight is 355 g/mol. The molecule has 0 amide bonds. The van der Waals surface area contributed by atoms with Crippen LogP contribution in [0.15, 0.2) is 22.9 Å². The Bertz CT molecular complexity index is 913. The molecule has 0 aliphatic rings. The van der Waals surface area contributed by atoms with E-state index in [1.807, 2.05) is 45.5 Å². The number of oxazole rings is 1. The molecule has 3 rings (SSSR count). The summed E-state index contributed by atoms with van der Waals surface area (Å²) in [6.07, 6.45) is 1.71. The minimum Gasteiger partial charge on any atom is -0.496 e. The van der Waals surface area contributed by atoms with E-state index in [-0.39, 0.29) is 0 Å². The minimum atomic E-state index is 0.646. The zero-order valence-electron chi connectivity index (χ0n) is 16.2. The lowest BCUT2D eigenvalue weighted by Gasteiger charge is -2.14. The maximum atomic E-state index is 5.96. The zero-order chi connectivity index (χ0) is 18.8. The molecule has 138 valence electrons. The Morgan fingerprint density at radius 2 is 1.92 bits per heavy atom. The van der Waals surface area contributed by atoms with Crippen molar-refractivity contribution in [1.29, 1.82) is 0 Å². The highest BCUT2D eigenvalue weighted by Crippen LogP contribution is 2.31. The lowest BCUT2D eigenvalue weighted by Crippen LogP contribution is -2.20. The van der Waals surface area contributed by atoms with Gasteiger partial charge in [-0.3, -0.25) is 4.90 Å². The summed E-state index contributed by atoms with van der Waals surface area (Å²) in [6, 6.07) is 4.08. The van der Waals surface area contributed by atoms with Gasteiger partial charge in [-0.2, -0.15) is 0 Å². The Morgan fingerprint density at radius 1 is 1.15 bits per heavy atom. The number of ether oxygens (including phenoxy) is 1. The van der Waals surface area contributed by atoms with Crippen molar-refractivity contribution in [2.75, 3.05) is 14.2 Å². The molecular weight excluding hydrogens is 330 g/mol. The van der Waals surface area contributed by atoms with Crippen LogP contribution in [0.3, 0.4) is 0 Å². The van der Waals surface area contributed by atoms with Crippen LogP contribution in [0.4, 0.5) is 0 Å². The quantitative estimate of drug-likeness (QED) is 0.677. The smallest absolute Gasteiger partial charge is 0.226 e. The normalized spacial score (nSPS) is 11.3. The summed E-state index contributed by atoms with van der Waals surface area (Å²) in [4.78, 5) is 6.88. The second kappa shape index (κ2) is 7.29. The summed E-state index contributed by atoms with van der Waals surface area (Å²) in [5.41, 5.74) is 4.06. The second-order valence-electron chi connectivity index (χ2n) is 6.69. The number of benzene rings is 1. The van der Waals surface area contributed by atoms with Gasteiger partial charge < -0.3 is 13.7 Å². The Labute approximate surface area is 153 Å². The van der Waals surface area contributed by atoms with Gasteiger partial charge in [-0.05, 0) is 51.1 Å². The van der Waals surface area contributed by atoms with Crippen LogP contribution >= 0.6 is 0 Å². The van der Waals surface area contributed by atoms with Crippen molar-refractivity contribution in [3.05, 3.63) is 46.9 Å². The average Bonchev–Trinajstić information content (AvgIpc) is 3.15. The predicted molar refractivity (Wildman–Crippen MR) is 98.9 cm³/mol. The molecule has 2 aromatic heterocycles. The first kappa shape index (κ1) is 18.1. The van der Waals surface area contributed by atoms with E-state index >= 15 is 0 Å². The van der Waals surface area contributed by atoms with Gasteiger partial charge in [0, 0.05) is 19.2 Å². The summed E-state index contributed by atoms with van der Waals surface area (Å²) in [5.74, 6) is 3.26. The second-order valence-corrected chi connectivity index (χ2v) is 6.69. The van der Waals surface area contributed by atoms with Crippen molar-refractivity contribution >= 4 is 0 Å². The van der Waals surface area contributed by atoms with E-state index in [4.69, 9.17) is 14.1 Å². The number of aryl methyl sites for hydroxylation is 4. The van der Waals surface area contributed by atoms with Crippen LogP contribution in [-0.2, 0) is 20.1 Å². The number of nitrogens with zero attached hydrogens (tertiary/aromatic N) is 5. The summed E-state index contributed by atoms with van der Waals surface area (Å²) in [5, 5.41) is 8.04. The third kappa shape index (κ3) is 3.62. The molecule has 0 atom stereocenters. The van der Waals surface area contributed by atoms with Crippen molar-refractivity contribution < 1.29 is 9.15 Å². The molecular formula is C19H25N5O2. The van der Waals surface area contributed by atoms with Crippen LogP contribution < -0.4 is 4.74 Å². The van der Waals surface area contributed by atoms with Crippen molar-refractivity contribution in [3.8, 4) is 17.2 Å². The van der Waals surface area contributed by atoms with E-state index in [1.54, 1.807) is 13.4 Å². The first-order valence-electron chi connectivity index (χ1n) is 8.52. The van der Waals surface area contributed by atoms with Crippen molar-refractivity contribution in [2.45, 2.75) is 33.9 Å². The van der Waals surface area contributed by atoms with E-state index in [9.17, 15) is 0 Å². The van der Waals surface area contributed by atoms with E-state index < -0.39 is 0 Å². The largest absolute Gasteiger partial charge is 0.496 e. The lowest BCUT2D eigenvalue weighted by molar-refractivity contribution is 0.301. The minimum absolute atomic E-state index is 0.646. The van der Waals surface area contributed by atoms with Crippen LogP contribution in [0.1, 0.15) is 28.4 Å². The van der Waals surface area contributed by atoms with Crippen LogP contribution in [-0.4, -0.2) is 38.8 Å². The fraction of sp³-hybridized carbons (Fsp3) is 0.421. The van der Waals surface area contributed by atoms with Crippen LogP contribution in [0.5, 0.6) is 5.75 Å². The van der Waals surface area contributed by atoms with E-state index in [0.29, 0.717) is 19.0 Å². The fourth-order valence-electron chi connectivity index (χ4n) is 2.93. The number of rotatable bonds is 6. The van der Waals surface area contributed by atoms with E-state index in [2.05, 4.69) is 21.2 Å². The molecule has 0 bridgehead atoms. The Balaban J connectivity index is 1.81. The molecule has 2 heterocycles. The van der Waals surface area contributed by atoms with Crippen molar-refractivity contribution in [2.24, 2.45) is 7.05 Å². The van der Waals surface area contributed by atoms with Crippen LogP contribution in [0, 0.1) is 20.8 Å². The third-order valence-electron chi connectivity index (χ3n) is 4.50. The molecule has 7 nitrogen and oxygen atoms in total. The number of methoxy groups -OCH3 is 1. The molecule has 0 saturated heterocycles. The van der Waals surface area contributed by atoms with Gasteiger partial charge >= 0.3 is 0 Å². The number of hydrogen-bond donors (Lipinski definition) is 0. The topological polar surface area (TPSA) is 69.2 Å². The summed E-state index contributed by atoms with van der Waals surface area (Å²) >= 11 is 0. The third-order valence-corrected chi connectivity index (χ3v) is 4.50. The molecule has 0 spiro atoms. The van der Waals surface area contributed by atoms with Crippen LogP contribution in [0.2, 0.25) is 0 Å². The maximum absolute atomic E-state index is 5.96. The highest BCUT2D eigenvalue weighted by atomic mass is 16.5. The molecule has 3 aromatic rings. The van der Waals surface area contributed by atoms with Gasteiger partial charge in [-0.15, -0.1) is 10.2 Å². The highest BCUT2D eigenvalue weighted by molar-refractivity contribution is 5.62. The van der Waals surface area contributed by atoms with Gasteiger partial charge in [-0.25, -0.2) is 4.98 Å². The molecule has 0 N–H and O–H groups in total. The molecule has 0 saturated carbocycles. The molecule has 0 aliphatic carbocycles. The van der Waals surface area contributed by atoms with Gasteiger partial charge in [0.15, 0.2) is 0 Å². The van der Waals surface area contributed by atoms with Crippen molar-refractivity contribution in [1.82, 2.24) is 24.6 Å².